The Morgan fingerprint density at radius 2 is 0.855 bits per heavy atom. The second-order valence-electron chi connectivity index (χ2n) is 17.9. The van der Waals surface area contributed by atoms with Crippen LogP contribution in [0.3, 0.4) is 0 Å². The van der Waals surface area contributed by atoms with Gasteiger partial charge in [-0.2, -0.15) is 0 Å². The first-order valence-corrected chi connectivity index (χ1v) is 24.8. The van der Waals surface area contributed by atoms with Gasteiger partial charge in [-0.15, -0.1) is 0 Å². The predicted octanol–water partition coefficient (Wildman–Crippen LogP) is 12.4. The van der Waals surface area contributed by atoms with Crippen LogP contribution in [-0.4, -0.2) is 84.2 Å². The maximum Gasteiger partial charge on any atom is -0.00182 e. The molecular formula is C58H81ClO9Ru. The van der Waals surface area contributed by atoms with Crippen molar-refractivity contribution in [3.8, 4) is 0 Å². The normalized spacial score (nSPS) is 16.6. The quantitative estimate of drug-likeness (QED) is 0.0540. The standard InChI is InChI=1S/C29H26.C9H18O3.C7H16O2.C7H8.C3H8O2.2CHO.CH3.ClH.Ru/c1-5-13-22(14-6-1)26-21-27(23-15-7-2-8-16-23)29(25-19-11-4-12-20-25)28(26)24-17-9-3-10-18-24;1-7(12-8(2)10)6-11-9(3,4)5;1-6(8)5-9-7(2,3)4;1-7-5-3-2-4-6-7;1-3(5)2-4;2*1-2;;;/h1-20,26-29H,21H2;7H,6H2,1-5H3;6,8H,5H2,1-4H3;2-6H,1H3;3-5H,2H2,1H3;2*1H;1H3;1H;/q;;;;;3*-1;;+4/p-1/t;7-;;;3-;;;;;/m.1..1...../s1. The summed E-state index contributed by atoms with van der Waals surface area (Å²) in [5.41, 5.74) is 6.84. The molecule has 9 nitrogen and oxygen atoms in total. The molecule has 11 heteroatoms. The van der Waals surface area contributed by atoms with Crippen LogP contribution < -0.4 is 0 Å². The summed E-state index contributed by atoms with van der Waals surface area (Å²) in [6.45, 7) is 27.6. The first kappa shape index (κ1) is 68.9. The molecule has 5 aromatic carbocycles. The fraction of sp³-hybridized carbons (Fsp3) is 0.414. The van der Waals surface area contributed by atoms with E-state index in [1.807, 2.05) is 84.0 Å². The van der Waals surface area contributed by atoms with Crippen LogP contribution >= 0.6 is 9.69 Å². The van der Waals surface area contributed by atoms with Crippen LogP contribution in [0.15, 0.2) is 152 Å². The largest absolute Gasteiger partial charge is 0.0622 e. The van der Waals surface area contributed by atoms with Crippen molar-refractivity contribution in [3.63, 3.8) is 0 Å². The summed E-state index contributed by atoms with van der Waals surface area (Å²) in [6.07, 6.45) is 0.0913. The van der Waals surface area contributed by atoms with Gasteiger partial charge in [0.2, 0.25) is 0 Å². The van der Waals surface area contributed by atoms with Gasteiger partial charge in [-0.3, -0.25) is 18.4 Å². The molecule has 1 fully saturated rings. The predicted molar refractivity (Wildman–Crippen MR) is 281 cm³/mol. The molecule has 0 radical (unpaired) electrons. The second-order valence-corrected chi connectivity index (χ2v) is 17.9. The van der Waals surface area contributed by atoms with Gasteiger partial charge in [0.05, 0.1) is 43.2 Å². The van der Waals surface area contributed by atoms with E-state index >= 15 is 0 Å². The Kier molecular flexibility index (Phi) is 40.3. The first-order chi connectivity index (χ1) is 32.3. The third-order valence-electron chi connectivity index (χ3n) is 9.67. The first-order valence-electron chi connectivity index (χ1n) is 22.5. The molecule has 1 saturated carbocycles. The molecule has 0 saturated heterocycles. The number of aliphatic hydroxyl groups is 3. The zero-order valence-electron chi connectivity index (χ0n) is 43.0. The monoisotopic (exact) mass is 1060 g/mol. The molecule has 0 heterocycles. The number of aliphatic hydroxyl groups excluding tert-OH is 3. The molecule has 382 valence electrons. The Bertz CT molecular complexity index is 1820. The minimum Gasteiger partial charge on any atom is -0.0622 e. The molecule has 3 N–H and O–H groups in total. The Labute approximate surface area is 430 Å². The van der Waals surface area contributed by atoms with E-state index in [9.17, 15) is 4.79 Å². The van der Waals surface area contributed by atoms with E-state index in [1.54, 1.807) is 6.92 Å². The Hall–Kier alpha value is -4.38. The molecule has 7 atom stereocenters. The van der Waals surface area contributed by atoms with E-state index < -0.39 is 6.10 Å². The Morgan fingerprint density at radius 1 is 0.580 bits per heavy atom. The van der Waals surface area contributed by atoms with E-state index in [4.69, 9.17) is 39.1 Å². The SMILES string of the molecule is CC(=O)O[C@H](C)COC(C)(C)C.CC(O)COC(C)(C)C.C[C@@H](O)CO.Cc1ccccc1.[CH-]=O.[CH-]=O.[CH3-].[Cl][Ru+3].c1ccc(C2CC(c3ccccc3)C(c3ccccc3)C2c2ccccc2)cc1. The summed E-state index contributed by atoms with van der Waals surface area (Å²) in [4.78, 5) is 26.0. The number of hydrogen-bond acceptors (Lipinski definition) is 9. The van der Waals surface area contributed by atoms with E-state index in [0.717, 1.165) is 0 Å². The summed E-state index contributed by atoms with van der Waals surface area (Å²) in [6, 6.07) is 54.8. The minimum absolute atomic E-state index is 0. The fourth-order valence-corrected chi connectivity index (χ4v) is 6.97. The van der Waals surface area contributed by atoms with Gasteiger partial charge < -0.3 is 46.5 Å². The number of carbonyl (C=O) groups excluding carboxylic acids is 3. The fourth-order valence-electron chi connectivity index (χ4n) is 6.97. The van der Waals surface area contributed by atoms with Crippen LogP contribution in [0.4, 0.5) is 0 Å². The average Bonchev–Trinajstić information content (AvgIpc) is 3.75. The molecule has 6 rings (SSSR count). The van der Waals surface area contributed by atoms with E-state index in [2.05, 4.69) is 164 Å². The van der Waals surface area contributed by atoms with Crippen LogP contribution in [0.2, 0.25) is 0 Å². The number of ether oxygens (including phenoxy) is 3. The molecule has 0 aliphatic heterocycles. The van der Waals surface area contributed by atoms with Gasteiger partial charge in [-0.25, -0.2) is 0 Å². The van der Waals surface area contributed by atoms with Crippen molar-refractivity contribution in [2.45, 2.75) is 136 Å². The van der Waals surface area contributed by atoms with Crippen LogP contribution in [0.1, 0.15) is 127 Å². The Morgan fingerprint density at radius 3 is 1.07 bits per heavy atom. The third-order valence-corrected chi connectivity index (χ3v) is 9.67. The van der Waals surface area contributed by atoms with Crippen molar-refractivity contribution < 1.29 is 61.2 Å². The van der Waals surface area contributed by atoms with Gasteiger partial charge in [0.15, 0.2) is 0 Å². The molecule has 0 spiro atoms. The molecule has 69 heavy (non-hydrogen) atoms. The summed E-state index contributed by atoms with van der Waals surface area (Å²) in [5, 5.41) is 24.8. The maximum atomic E-state index is 10.5. The molecule has 0 bridgehead atoms. The van der Waals surface area contributed by atoms with Crippen molar-refractivity contribution in [2.75, 3.05) is 19.8 Å². The van der Waals surface area contributed by atoms with Crippen molar-refractivity contribution in [2.24, 2.45) is 0 Å². The number of esters is 1. The number of rotatable bonds is 10. The number of carbonyl (C=O) groups is 1. The maximum absolute atomic E-state index is 10.5. The van der Waals surface area contributed by atoms with E-state index in [1.165, 1.54) is 48.1 Å². The summed E-state index contributed by atoms with van der Waals surface area (Å²) in [7, 11) is 4.57. The molecule has 1 aliphatic carbocycles. The zero-order valence-corrected chi connectivity index (χ0v) is 45.5. The van der Waals surface area contributed by atoms with Crippen LogP contribution in [0.25, 0.3) is 0 Å². The van der Waals surface area contributed by atoms with Gasteiger partial charge in [0.1, 0.15) is 6.10 Å². The molecule has 5 unspecified atom stereocenters. The van der Waals surface area contributed by atoms with Gasteiger partial charge in [0, 0.05) is 6.92 Å². The number of aryl methyl sites for hydroxylation is 1. The molecule has 5 aromatic rings. The van der Waals surface area contributed by atoms with Crippen molar-refractivity contribution in [3.05, 3.63) is 187 Å². The molecular weight excluding hydrogens is 977 g/mol. The smallest absolute Gasteiger partial charge is 0.00182 e. The van der Waals surface area contributed by atoms with Gasteiger partial charge in [0.25, 0.3) is 0 Å². The van der Waals surface area contributed by atoms with Gasteiger partial charge in [-0.05, 0) is 122 Å². The van der Waals surface area contributed by atoms with Crippen molar-refractivity contribution >= 4 is 29.2 Å². The third kappa shape index (κ3) is 33.0. The number of hydrogen-bond donors (Lipinski definition) is 3. The van der Waals surface area contributed by atoms with Gasteiger partial charge >= 0.3 is 33.0 Å². The number of benzene rings is 5. The zero-order chi connectivity index (χ0) is 52.1. The summed E-state index contributed by atoms with van der Waals surface area (Å²) < 4.78 is 15.5. The molecule has 0 amide bonds. The summed E-state index contributed by atoms with van der Waals surface area (Å²) >= 11 is 1.82. The Balaban J connectivity index is -0.000000905. The molecule has 1 aliphatic rings. The molecule has 0 aromatic heterocycles. The number of halogens is 1. The van der Waals surface area contributed by atoms with Crippen LogP contribution in [0, 0.1) is 14.4 Å². The van der Waals surface area contributed by atoms with E-state index in [0.29, 0.717) is 36.9 Å². The van der Waals surface area contributed by atoms with E-state index in [-0.39, 0.29) is 43.4 Å². The second kappa shape index (κ2) is 40.4. The van der Waals surface area contributed by atoms with Crippen LogP contribution in [0.5, 0.6) is 0 Å². The van der Waals surface area contributed by atoms with Gasteiger partial charge in [-0.1, -0.05) is 157 Å². The summed E-state index contributed by atoms with van der Waals surface area (Å²) in [5.74, 6) is 1.68. The topological polar surface area (TPSA) is 140 Å². The minimum atomic E-state index is -0.560. The average molecular weight is 1060 g/mol. The van der Waals surface area contributed by atoms with Crippen LogP contribution in [-0.2, 0) is 45.9 Å². The van der Waals surface area contributed by atoms with Crippen molar-refractivity contribution in [1.82, 2.24) is 0 Å². The van der Waals surface area contributed by atoms with Crippen molar-refractivity contribution in [1.29, 1.82) is 0 Å².